The zero-order valence-electron chi connectivity index (χ0n) is 31.9. The van der Waals surface area contributed by atoms with Gasteiger partial charge in [-0.2, -0.15) is 0 Å². The fourth-order valence-electron chi connectivity index (χ4n) is 9.41. The molecule has 0 spiro atoms. The molecule has 2 aliphatic carbocycles. The van der Waals surface area contributed by atoms with Crippen LogP contribution < -0.4 is 14.5 Å². The number of hydrogen-bond acceptors (Lipinski definition) is 8. The Labute approximate surface area is 340 Å². The Morgan fingerprint density at radius 3 is 1.66 bits per heavy atom. The first-order valence-corrected chi connectivity index (χ1v) is 19.5. The van der Waals surface area contributed by atoms with Crippen molar-refractivity contribution in [3.63, 3.8) is 0 Å². The number of nitrogens with zero attached hydrogens (tertiary/aromatic N) is 2. The minimum atomic E-state index is -0.793. The normalized spacial score (nSPS) is 23.5. The van der Waals surface area contributed by atoms with Gasteiger partial charge in [-0.1, -0.05) is 90.5 Å². The fraction of sp³-hybridized carbons (Fsp3) is 0.184. The number of allylic oxidation sites excluding steroid dienone is 3. The molecule has 5 aromatic rings. The Balaban J connectivity index is 1.04. The zero-order chi connectivity index (χ0) is 40.9. The molecule has 2 heterocycles. The van der Waals surface area contributed by atoms with Crippen molar-refractivity contribution in [2.24, 2.45) is 35.5 Å². The van der Waals surface area contributed by atoms with E-state index >= 15 is 0 Å². The summed E-state index contributed by atoms with van der Waals surface area (Å²) in [7, 11) is 1.45. The fourth-order valence-corrected chi connectivity index (χ4v) is 9.41. The van der Waals surface area contributed by atoms with Gasteiger partial charge < -0.3 is 9.84 Å². The molecule has 9 rings (SSSR count). The van der Waals surface area contributed by atoms with Crippen molar-refractivity contribution >= 4 is 52.6 Å². The summed E-state index contributed by atoms with van der Waals surface area (Å²) in [6.45, 7) is 0. The van der Waals surface area contributed by atoms with Crippen LogP contribution in [0.3, 0.4) is 0 Å². The number of fused-ring (bicyclic) bond motifs is 4. The third kappa shape index (κ3) is 6.37. The highest BCUT2D eigenvalue weighted by Gasteiger charge is 2.61. The molecule has 6 unspecified atom stereocenters. The zero-order valence-corrected chi connectivity index (χ0v) is 31.9. The van der Waals surface area contributed by atoms with Gasteiger partial charge in [0.05, 0.1) is 42.2 Å². The lowest BCUT2D eigenvalue weighted by Gasteiger charge is -2.42. The molecule has 6 atom stereocenters. The van der Waals surface area contributed by atoms with E-state index in [1.165, 1.54) is 23.0 Å². The molecule has 5 aromatic carbocycles. The number of amides is 4. The number of ketones is 2. The van der Waals surface area contributed by atoms with E-state index in [2.05, 4.69) is 0 Å². The molecule has 0 aromatic heterocycles. The SMILES string of the molecule is COc1cc(C=CC2C3=CCC4C(=O)N(c5ccc(C(=O)c6ccccc6)cc5)C(=O)C4C3CC3C(=O)N(c4ccc(C(=O)c5ccccc5)cc4)C(=O)C23)ccc1O. The molecule has 292 valence electrons. The van der Waals surface area contributed by atoms with Crippen molar-refractivity contribution in [1.29, 1.82) is 0 Å². The monoisotopic (exact) mass is 782 g/mol. The van der Waals surface area contributed by atoms with E-state index in [-0.39, 0.29) is 53.6 Å². The Morgan fingerprint density at radius 1 is 0.610 bits per heavy atom. The van der Waals surface area contributed by atoms with Gasteiger partial charge in [-0.25, -0.2) is 0 Å². The number of aromatic hydroxyl groups is 1. The minimum Gasteiger partial charge on any atom is -0.504 e. The highest BCUT2D eigenvalue weighted by Crippen LogP contribution is 2.56. The number of anilines is 2. The summed E-state index contributed by atoms with van der Waals surface area (Å²) in [5.74, 6) is -5.76. The predicted molar refractivity (Wildman–Crippen MR) is 220 cm³/mol. The van der Waals surface area contributed by atoms with Crippen LogP contribution in [0, 0.1) is 35.5 Å². The Hall–Kier alpha value is -7.20. The van der Waals surface area contributed by atoms with E-state index in [1.807, 2.05) is 30.4 Å². The molecule has 1 saturated carbocycles. The number of ether oxygens (including phenoxy) is 1. The van der Waals surface area contributed by atoms with Crippen LogP contribution in [0.2, 0.25) is 0 Å². The lowest BCUT2D eigenvalue weighted by Crippen LogP contribution is -2.43. The molecule has 2 saturated heterocycles. The second kappa shape index (κ2) is 14.9. The quantitative estimate of drug-likeness (QED) is 0.0925. The van der Waals surface area contributed by atoms with Crippen LogP contribution in [-0.2, 0) is 19.2 Å². The molecule has 3 fully saturated rings. The standard InChI is InChI=1S/C49H38N2O8/c1-59-41-26-28(13-25-40(41)52)12-22-36-35-23-24-37-43(49(58)50(46(37)55)33-18-14-31(15-19-33)44(53)29-8-4-2-5-9-29)38(35)27-39-42(36)48(57)51(47(39)56)34-20-16-32(17-21-34)45(54)30-10-6-3-7-11-30/h2-23,25-26,36-39,42-43,52H,24,27H2,1H3. The van der Waals surface area contributed by atoms with Crippen LogP contribution >= 0.6 is 0 Å². The van der Waals surface area contributed by atoms with Gasteiger partial charge in [0.25, 0.3) is 0 Å². The molecule has 0 bridgehead atoms. The van der Waals surface area contributed by atoms with E-state index in [0.717, 1.165) is 5.57 Å². The number of phenols is 1. The van der Waals surface area contributed by atoms with E-state index < -0.39 is 41.4 Å². The predicted octanol–water partition coefficient (Wildman–Crippen LogP) is 7.45. The van der Waals surface area contributed by atoms with Crippen molar-refractivity contribution in [2.45, 2.75) is 12.8 Å². The summed E-state index contributed by atoms with van der Waals surface area (Å²) < 4.78 is 5.32. The van der Waals surface area contributed by atoms with Crippen LogP contribution in [0.1, 0.15) is 50.2 Å². The second-order valence-corrected chi connectivity index (χ2v) is 15.4. The molecule has 59 heavy (non-hydrogen) atoms. The maximum Gasteiger partial charge on any atom is 0.238 e. The van der Waals surface area contributed by atoms with Crippen molar-refractivity contribution in [1.82, 2.24) is 0 Å². The Kier molecular flexibility index (Phi) is 9.47. The highest BCUT2D eigenvalue weighted by molar-refractivity contribution is 6.24. The summed E-state index contributed by atoms with van der Waals surface area (Å²) in [4.78, 5) is 86.3. The van der Waals surface area contributed by atoms with Gasteiger partial charge >= 0.3 is 0 Å². The molecular weight excluding hydrogens is 745 g/mol. The summed E-state index contributed by atoms with van der Waals surface area (Å²) in [5, 5.41) is 10.2. The van der Waals surface area contributed by atoms with Crippen molar-refractivity contribution in [2.75, 3.05) is 16.9 Å². The van der Waals surface area contributed by atoms with Crippen molar-refractivity contribution in [3.05, 3.63) is 173 Å². The lowest BCUT2D eigenvalue weighted by atomic mass is 9.58. The first-order chi connectivity index (χ1) is 28.6. The number of methoxy groups -OCH3 is 1. The van der Waals surface area contributed by atoms with E-state index in [4.69, 9.17) is 4.74 Å². The Morgan fingerprint density at radius 2 is 1.12 bits per heavy atom. The van der Waals surface area contributed by atoms with Gasteiger partial charge in [-0.3, -0.25) is 38.6 Å². The Bertz CT molecular complexity index is 2600. The molecule has 4 amide bonds. The number of carbonyl (C=O) groups is 6. The largest absolute Gasteiger partial charge is 0.504 e. The first-order valence-electron chi connectivity index (χ1n) is 19.5. The summed E-state index contributed by atoms with van der Waals surface area (Å²) in [6, 6.07) is 35.4. The smallest absolute Gasteiger partial charge is 0.238 e. The second-order valence-electron chi connectivity index (χ2n) is 15.4. The number of imide groups is 2. The summed E-state index contributed by atoms with van der Waals surface area (Å²) >= 11 is 0. The molecule has 2 aliphatic heterocycles. The molecule has 10 heteroatoms. The van der Waals surface area contributed by atoms with E-state index in [9.17, 15) is 33.9 Å². The van der Waals surface area contributed by atoms with Crippen molar-refractivity contribution < 1.29 is 38.6 Å². The van der Waals surface area contributed by atoms with Crippen LogP contribution in [-0.4, -0.2) is 47.4 Å². The summed E-state index contributed by atoms with van der Waals surface area (Å²) in [6.07, 6.45) is 6.13. The van der Waals surface area contributed by atoms with Crippen LogP contribution in [0.4, 0.5) is 11.4 Å². The van der Waals surface area contributed by atoms with Crippen LogP contribution in [0.25, 0.3) is 6.08 Å². The third-order valence-electron chi connectivity index (χ3n) is 12.2. The highest BCUT2D eigenvalue weighted by atomic mass is 16.5. The van der Waals surface area contributed by atoms with Crippen molar-refractivity contribution in [3.8, 4) is 11.5 Å². The van der Waals surface area contributed by atoms with Crippen LogP contribution in [0.15, 0.2) is 145 Å². The van der Waals surface area contributed by atoms with Gasteiger partial charge in [-0.15, -0.1) is 0 Å². The van der Waals surface area contributed by atoms with E-state index in [1.54, 1.807) is 109 Å². The number of phenolic OH excluding ortho intramolecular Hbond substituents is 1. The van der Waals surface area contributed by atoms with Gasteiger partial charge in [0.1, 0.15) is 0 Å². The van der Waals surface area contributed by atoms with Gasteiger partial charge in [0, 0.05) is 28.2 Å². The van der Waals surface area contributed by atoms with Crippen LogP contribution in [0.5, 0.6) is 11.5 Å². The lowest BCUT2D eigenvalue weighted by molar-refractivity contribution is -0.126. The molecule has 4 aliphatic rings. The maximum absolute atomic E-state index is 14.6. The van der Waals surface area contributed by atoms with Gasteiger partial charge in [-0.05, 0) is 85.0 Å². The number of benzene rings is 5. The number of hydrogen-bond donors (Lipinski definition) is 1. The molecule has 1 N–H and O–H groups in total. The first kappa shape index (κ1) is 37.4. The third-order valence-corrected chi connectivity index (χ3v) is 12.2. The molecule has 0 radical (unpaired) electrons. The average molecular weight is 783 g/mol. The van der Waals surface area contributed by atoms with Gasteiger partial charge in [0.15, 0.2) is 23.1 Å². The number of carbonyl (C=O) groups excluding carboxylic acids is 6. The summed E-state index contributed by atoms with van der Waals surface area (Å²) in [5.41, 5.74) is 4.09. The maximum atomic E-state index is 14.6. The van der Waals surface area contributed by atoms with E-state index in [0.29, 0.717) is 39.2 Å². The topological polar surface area (TPSA) is 138 Å². The van der Waals surface area contributed by atoms with Gasteiger partial charge in [0.2, 0.25) is 23.6 Å². The molecule has 10 nitrogen and oxygen atoms in total. The average Bonchev–Trinajstić information content (AvgIpc) is 3.69. The molecular formula is C49H38N2O8. The number of rotatable bonds is 9. The minimum absolute atomic E-state index is 0.0291.